The Balaban J connectivity index is 0. The van der Waals surface area contributed by atoms with Crippen molar-refractivity contribution in [2.75, 3.05) is 0 Å². The molecule has 0 radical (unpaired) electrons. The number of hydrogen-bond donors (Lipinski definition) is 0. The Hall–Kier alpha value is 0.146. The van der Waals surface area contributed by atoms with Crippen LogP contribution in [0.3, 0.4) is 0 Å². The van der Waals surface area contributed by atoms with Crippen molar-refractivity contribution in [3.05, 3.63) is 41.3 Å². The fourth-order valence-electron chi connectivity index (χ4n) is 1.01. The van der Waals surface area contributed by atoms with Gasteiger partial charge in [-0.05, 0) is 6.92 Å². The van der Waals surface area contributed by atoms with Gasteiger partial charge < -0.3 is 12.4 Å². The van der Waals surface area contributed by atoms with Gasteiger partial charge in [-0.2, -0.15) is 18.6 Å². The van der Waals surface area contributed by atoms with Gasteiger partial charge in [-0.3, -0.25) is 0 Å². The molecule has 0 atom stereocenters. The van der Waals surface area contributed by atoms with Crippen molar-refractivity contribution in [1.29, 1.82) is 0 Å². The molecule has 0 aliphatic heterocycles. The van der Waals surface area contributed by atoms with Crippen molar-refractivity contribution in [2.24, 2.45) is 0 Å². The molecule has 1 aromatic carbocycles. The monoisotopic (exact) mass is 192 g/mol. The molecule has 12 heavy (non-hydrogen) atoms. The summed E-state index contributed by atoms with van der Waals surface area (Å²) in [6.07, 6.45) is 0. The van der Waals surface area contributed by atoms with E-state index in [0.29, 0.717) is 0 Å². The minimum absolute atomic E-state index is 0. The SMILES string of the molecule is [CH2-]c1ccc(C)c(C)c1C.[Cl-].[Mg+2]. The van der Waals surface area contributed by atoms with Gasteiger partial charge in [0, 0.05) is 0 Å². The Morgan fingerprint density at radius 3 is 1.92 bits per heavy atom. The molecule has 0 nitrogen and oxygen atoms in total. The summed E-state index contributed by atoms with van der Waals surface area (Å²) in [5.74, 6) is 0. The zero-order valence-electron chi connectivity index (χ0n) is 7.95. The third-order valence-corrected chi connectivity index (χ3v) is 2.17. The molecule has 1 rings (SSSR count). The quantitative estimate of drug-likeness (QED) is 0.382. The Bertz CT molecular complexity index is 229. The van der Waals surface area contributed by atoms with Crippen LogP contribution >= 0.6 is 0 Å². The maximum Gasteiger partial charge on any atom is 2.00 e. The average Bonchev–Trinajstić information content (AvgIpc) is 1.93. The Kier molecular flexibility index (Phi) is 7.00. The predicted molar refractivity (Wildman–Crippen MR) is 50.9 cm³/mol. The maximum absolute atomic E-state index is 3.92. The zero-order chi connectivity index (χ0) is 7.72. The van der Waals surface area contributed by atoms with Gasteiger partial charge >= 0.3 is 23.1 Å². The molecule has 1 aromatic rings. The number of halogens is 1. The summed E-state index contributed by atoms with van der Waals surface area (Å²) in [4.78, 5) is 0. The molecule has 62 valence electrons. The Labute approximate surface area is 97.3 Å². The molecule has 0 saturated carbocycles. The second-order valence-corrected chi connectivity index (χ2v) is 2.79. The molecule has 0 spiro atoms. The van der Waals surface area contributed by atoms with Gasteiger partial charge in [-0.25, -0.2) is 0 Å². The van der Waals surface area contributed by atoms with Crippen LogP contribution in [0, 0.1) is 27.7 Å². The summed E-state index contributed by atoms with van der Waals surface area (Å²) in [5, 5.41) is 0. The van der Waals surface area contributed by atoms with E-state index < -0.39 is 0 Å². The summed E-state index contributed by atoms with van der Waals surface area (Å²) in [7, 11) is 0. The minimum Gasteiger partial charge on any atom is -1.00 e. The molecule has 0 aromatic heterocycles. The number of aryl methyl sites for hydroxylation is 1. The zero-order valence-corrected chi connectivity index (χ0v) is 10.1. The summed E-state index contributed by atoms with van der Waals surface area (Å²) in [6, 6.07) is 4.18. The number of benzene rings is 1. The van der Waals surface area contributed by atoms with Gasteiger partial charge in [0.05, 0.1) is 0 Å². The van der Waals surface area contributed by atoms with Crippen molar-refractivity contribution < 1.29 is 12.4 Å². The standard InChI is InChI=1S/C10H13.ClH.Mg/c1-7-5-6-8(2)10(4)9(7)3;;/h5-6H,1H2,2-4H3;1H;/q-1;;+2/p-1. The van der Waals surface area contributed by atoms with E-state index in [2.05, 4.69) is 39.8 Å². The first-order valence-electron chi connectivity index (χ1n) is 3.51. The smallest absolute Gasteiger partial charge is 1.00 e. The normalized spacial score (nSPS) is 8.25. The average molecular weight is 193 g/mol. The van der Waals surface area contributed by atoms with Crippen LogP contribution in [0.5, 0.6) is 0 Å². The summed E-state index contributed by atoms with van der Waals surface area (Å²) in [6.45, 7) is 10.3. The second kappa shape index (κ2) is 5.73. The molecule has 0 bridgehead atoms. The Morgan fingerprint density at radius 2 is 1.50 bits per heavy atom. The van der Waals surface area contributed by atoms with Crippen molar-refractivity contribution in [2.45, 2.75) is 20.8 Å². The van der Waals surface area contributed by atoms with Crippen LogP contribution < -0.4 is 12.4 Å². The first-order valence-corrected chi connectivity index (χ1v) is 3.51. The molecular weight excluding hydrogens is 180 g/mol. The summed E-state index contributed by atoms with van der Waals surface area (Å²) < 4.78 is 0. The van der Waals surface area contributed by atoms with Gasteiger partial charge in [0.15, 0.2) is 0 Å². The van der Waals surface area contributed by atoms with E-state index in [-0.39, 0.29) is 35.5 Å². The molecule has 0 unspecified atom stereocenters. The van der Waals surface area contributed by atoms with Crippen LogP contribution in [0.1, 0.15) is 22.3 Å². The molecule has 0 amide bonds. The number of hydrogen-bond acceptors (Lipinski definition) is 0. The van der Waals surface area contributed by atoms with E-state index in [0.717, 1.165) is 5.56 Å². The second-order valence-electron chi connectivity index (χ2n) is 2.79. The molecule has 0 N–H and O–H groups in total. The third-order valence-electron chi connectivity index (χ3n) is 2.17. The molecule has 0 aliphatic rings. The van der Waals surface area contributed by atoms with Gasteiger partial charge in [0.1, 0.15) is 0 Å². The molecular formula is C10H13ClMg. The van der Waals surface area contributed by atoms with Crippen molar-refractivity contribution in [3.63, 3.8) is 0 Å². The van der Waals surface area contributed by atoms with Gasteiger partial charge in [-0.1, -0.05) is 19.4 Å². The van der Waals surface area contributed by atoms with Gasteiger partial charge in [0.25, 0.3) is 0 Å². The van der Waals surface area contributed by atoms with E-state index in [1.165, 1.54) is 16.7 Å². The van der Waals surface area contributed by atoms with Crippen LogP contribution in [0.15, 0.2) is 12.1 Å². The van der Waals surface area contributed by atoms with Crippen molar-refractivity contribution in [3.8, 4) is 0 Å². The topological polar surface area (TPSA) is 0 Å². The molecule has 0 aliphatic carbocycles. The first kappa shape index (κ1) is 14.7. The Morgan fingerprint density at radius 1 is 1.00 bits per heavy atom. The largest absolute Gasteiger partial charge is 2.00 e. The predicted octanol–water partition coefficient (Wildman–Crippen LogP) is -0.583. The minimum atomic E-state index is 0. The van der Waals surface area contributed by atoms with Gasteiger partial charge in [0.2, 0.25) is 0 Å². The van der Waals surface area contributed by atoms with Crippen LogP contribution in [-0.2, 0) is 0 Å². The van der Waals surface area contributed by atoms with E-state index in [1.807, 2.05) is 0 Å². The van der Waals surface area contributed by atoms with Crippen LogP contribution in [0.4, 0.5) is 0 Å². The molecule has 0 heterocycles. The summed E-state index contributed by atoms with van der Waals surface area (Å²) >= 11 is 0. The first-order chi connectivity index (χ1) is 4.63. The fourth-order valence-corrected chi connectivity index (χ4v) is 1.01. The van der Waals surface area contributed by atoms with Crippen molar-refractivity contribution >= 4 is 23.1 Å². The number of rotatable bonds is 0. The van der Waals surface area contributed by atoms with E-state index in [4.69, 9.17) is 0 Å². The van der Waals surface area contributed by atoms with E-state index >= 15 is 0 Å². The van der Waals surface area contributed by atoms with Crippen LogP contribution in [0.2, 0.25) is 0 Å². The molecule has 0 saturated heterocycles. The van der Waals surface area contributed by atoms with Crippen LogP contribution in [-0.4, -0.2) is 23.1 Å². The summed E-state index contributed by atoms with van der Waals surface area (Å²) in [5.41, 5.74) is 5.18. The van der Waals surface area contributed by atoms with E-state index in [9.17, 15) is 0 Å². The van der Waals surface area contributed by atoms with Gasteiger partial charge in [-0.15, -0.1) is 17.2 Å². The molecule has 2 heteroatoms. The third kappa shape index (κ3) is 2.89. The fraction of sp³-hybridized carbons (Fsp3) is 0.300. The molecule has 0 fully saturated rings. The van der Waals surface area contributed by atoms with Crippen LogP contribution in [0.25, 0.3) is 0 Å². The van der Waals surface area contributed by atoms with E-state index in [1.54, 1.807) is 0 Å². The van der Waals surface area contributed by atoms with Crippen molar-refractivity contribution in [1.82, 2.24) is 0 Å². The maximum atomic E-state index is 3.92.